The van der Waals surface area contributed by atoms with E-state index in [9.17, 15) is 0 Å². The Balaban J connectivity index is 1.85. The summed E-state index contributed by atoms with van der Waals surface area (Å²) in [5, 5.41) is 0. The van der Waals surface area contributed by atoms with Crippen LogP contribution in [-0.4, -0.2) is 6.54 Å². The summed E-state index contributed by atoms with van der Waals surface area (Å²) in [4.78, 5) is 2.42. The minimum absolute atomic E-state index is 0.368. The van der Waals surface area contributed by atoms with Crippen LogP contribution in [0.4, 0.5) is 17.1 Å². The first-order valence-electron chi connectivity index (χ1n) is 12.0. The Labute approximate surface area is 196 Å². The number of nitrogens with zero attached hydrogens (tertiary/aromatic N) is 1. The van der Waals surface area contributed by atoms with Crippen LogP contribution in [-0.2, 0) is 5.41 Å². The van der Waals surface area contributed by atoms with Crippen LogP contribution in [0.15, 0.2) is 78.9 Å². The number of rotatable bonds is 2. The van der Waals surface area contributed by atoms with Crippen LogP contribution in [0.1, 0.15) is 60.1 Å². The molecule has 2 aliphatic rings. The van der Waals surface area contributed by atoms with Gasteiger partial charge in [0.25, 0.3) is 0 Å². The van der Waals surface area contributed by atoms with Gasteiger partial charge in [-0.2, -0.15) is 0 Å². The molecule has 164 valence electrons. The van der Waals surface area contributed by atoms with Gasteiger partial charge in [-0.3, -0.25) is 0 Å². The first-order valence-corrected chi connectivity index (χ1v) is 12.0. The molecule has 6 rings (SSSR count). The highest BCUT2D eigenvalue weighted by Crippen LogP contribution is 2.63. The molecule has 2 nitrogen and oxygen atoms in total. The Hall–Kier alpha value is -3.52. The number of fused-ring (bicyclic) bond motifs is 9. The van der Waals surface area contributed by atoms with Gasteiger partial charge in [-0.1, -0.05) is 86.6 Å². The standard InChI is InChI=1S/C31H30N2/c1-5-33-27-16-9-8-14-24(27)31(26-18-17-21(19(2)3)29(32)30(26)33)23-13-7-6-12-22(23)28-20(4)11-10-15-25(28)31/h6-19H,5,32H2,1-4H3. The lowest BCUT2D eigenvalue weighted by atomic mass is 9.64. The van der Waals surface area contributed by atoms with Crippen LogP contribution in [0.3, 0.4) is 0 Å². The second-order valence-corrected chi connectivity index (χ2v) is 9.67. The predicted molar refractivity (Wildman–Crippen MR) is 140 cm³/mol. The summed E-state index contributed by atoms with van der Waals surface area (Å²) in [6.45, 7) is 9.78. The summed E-state index contributed by atoms with van der Waals surface area (Å²) in [5.74, 6) is 0.368. The third kappa shape index (κ3) is 2.39. The molecule has 1 aliphatic heterocycles. The average molecular weight is 431 g/mol. The molecule has 1 atom stereocenters. The van der Waals surface area contributed by atoms with Crippen LogP contribution in [0.2, 0.25) is 0 Å². The first kappa shape index (κ1) is 20.1. The van der Waals surface area contributed by atoms with Crippen molar-refractivity contribution in [1.29, 1.82) is 0 Å². The molecule has 33 heavy (non-hydrogen) atoms. The lowest BCUT2D eigenvalue weighted by Gasteiger charge is -2.45. The Morgan fingerprint density at radius 1 is 0.788 bits per heavy atom. The van der Waals surface area contributed by atoms with Gasteiger partial charge >= 0.3 is 0 Å². The largest absolute Gasteiger partial charge is 0.397 e. The van der Waals surface area contributed by atoms with Crippen molar-refractivity contribution < 1.29 is 0 Å². The Morgan fingerprint density at radius 2 is 1.48 bits per heavy atom. The zero-order valence-corrected chi connectivity index (χ0v) is 19.8. The zero-order valence-electron chi connectivity index (χ0n) is 19.8. The number of anilines is 3. The topological polar surface area (TPSA) is 29.3 Å². The summed E-state index contributed by atoms with van der Waals surface area (Å²) < 4.78 is 0. The fourth-order valence-electron chi connectivity index (χ4n) is 6.43. The molecule has 1 unspecified atom stereocenters. The number of hydrogen-bond donors (Lipinski definition) is 1. The number of nitrogens with two attached hydrogens (primary N) is 1. The molecule has 2 heteroatoms. The molecule has 0 radical (unpaired) electrons. The average Bonchev–Trinajstić information content (AvgIpc) is 3.12. The van der Waals surface area contributed by atoms with Crippen molar-refractivity contribution in [2.45, 2.75) is 39.0 Å². The summed E-state index contributed by atoms with van der Waals surface area (Å²) >= 11 is 0. The van der Waals surface area contributed by atoms with Gasteiger partial charge in [0, 0.05) is 12.2 Å². The molecule has 0 amide bonds. The Morgan fingerprint density at radius 3 is 2.24 bits per heavy atom. The molecular weight excluding hydrogens is 400 g/mol. The highest BCUT2D eigenvalue weighted by Gasteiger charge is 2.52. The molecule has 0 saturated carbocycles. The third-order valence-corrected chi connectivity index (χ3v) is 7.74. The van der Waals surface area contributed by atoms with Gasteiger partial charge in [-0.15, -0.1) is 0 Å². The molecule has 0 saturated heterocycles. The maximum absolute atomic E-state index is 7.01. The second-order valence-electron chi connectivity index (χ2n) is 9.67. The van der Waals surface area contributed by atoms with Gasteiger partial charge in [-0.05, 0) is 70.3 Å². The SMILES string of the molecule is CCN1c2ccccc2C2(c3ccccc3-c3c(C)cccc32)c2ccc(C(C)C)c(N)c21. The van der Waals surface area contributed by atoms with Gasteiger partial charge < -0.3 is 10.6 Å². The molecule has 1 heterocycles. The lowest BCUT2D eigenvalue weighted by Crippen LogP contribution is -2.38. The molecule has 0 fully saturated rings. The van der Waals surface area contributed by atoms with Crippen molar-refractivity contribution in [3.05, 3.63) is 112 Å². The third-order valence-electron chi connectivity index (χ3n) is 7.74. The zero-order chi connectivity index (χ0) is 22.9. The minimum atomic E-state index is -0.376. The molecule has 1 aliphatic carbocycles. The molecule has 2 N–H and O–H groups in total. The van der Waals surface area contributed by atoms with Crippen molar-refractivity contribution >= 4 is 17.1 Å². The molecule has 4 aromatic carbocycles. The van der Waals surface area contributed by atoms with E-state index in [1.54, 1.807) is 0 Å². The Bertz CT molecular complexity index is 1410. The van der Waals surface area contributed by atoms with Gasteiger partial charge in [-0.25, -0.2) is 0 Å². The van der Waals surface area contributed by atoms with E-state index < -0.39 is 0 Å². The number of hydrogen-bond acceptors (Lipinski definition) is 2. The molecule has 0 aromatic heterocycles. The van der Waals surface area contributed by atoms with Crippen molar-refractivity contribution in [2.75, 3.05) is 17.2 Å². The van der Waals surface area contributed by atoms with Crippen LogP contribution in [0, 0.1) is 6.92 Å². The van der Waals surface area contributed by atoms with E-state index in [1.165, 1.54) is 55.9 Å². The second kappa shape index (κ2) is 6.99. The highest BCUT2D eigenvalue weighted by atomic mass is 15.2. The molecule has 4 aromatic rings. The summed E-state index contributed by atoms with van der Waals surface area (Å²) in [6, 6.07) is 29.3. The lowest BCUT2D eigenvalue weighted by molar-refractivity contribution is 0.737. The summed E-state index contributed by atoms with van der Waals surface area (Å²) in [6.07, 6.45) is 0. The fraction of sp³-hybridized carbons (Fsp3) is 0.226. The van der Waals surface area contributed by atoms with Crippen LogP contribution < -0.4 is 10.6 Å². The Kier molecular flexibility index (Phi) is 4.26. The van der Waals surface area contributed by atoms with E-state index in [-0.39, 0.29) is 5.41 Å². The van der Waals surface area contributed by atoms with Crippen molar-refractivity contribution in [3.63, 3.8) is 0 Å². The van der Waals surface area contributed by atoms with Gasteiger partial charge in [0.05, 0.1) is 16.8 Å². The maximum Gasteiger partial charge on any atom is 0.0754 e. The van der Waals surface area contributed by atoms with Crippen LogP contribution >= 0.6 is 0 Å². The van der Waals surface area contributed by atoms with Crippen molar-refractivity contribution in [1.82, 2.24) is 0 Å². The molecular formula is C31H30N2. The smallest absolute Gasteiger partial charge is 0.0754 e. The van der Waals surface area contributed by atoms with E-state index in [4.69, 9.17) is 5.73 Å². The molecule has 0 bridgehead atoms. The summed E-state index contributed by atoms with van der Waals surface area (Å²) in [7, 11) is 0. The van der Waals surface area contributed by atoms with E-state index in [2.05, 4.69) is 111 Å². The van der Waals surface area contributed by atoms with Crippen LogP contribution in [0.5, 0.6) is 0 Å². The van der Waals surface area contributed by atoms with Crippen molar-refractivity contribution in [3.8, 4) is 11.1 Å². The van der Waals surface area contributed by atoms with Gasteiger partial charge in [0.2, 0.25) is 0 Å². The van der Waals surface area contributed by atoms with E-state index in [0.717, 1.165) is 12.2 Å². The van der Waals surface area contributed by atoms with Crippen molar-refractivity contribution in [2.24, 2.45) is 0 Å². The monoisotopic (exact) mass is 430 g/mol. The number of aryl methyl sites for hydroxylation is 1. The number of benzene rings is 4. The fourth-order valence-corrected chi connectivity index (χ4v) is 6.43. The predicted octanol–water partition coefficient (Wildman–Crippen LogP) is 7.54. The number of nitrogen functional groups attached to an aromatic ring is 1. The normalized spacial score (nSPS) is 17.7. The maximum atomic E-state index is 7.01. The van der Waals surface area contributed by atoms with Gasteiger partial charge in [0.15, 0.2) is 0 Å². The van der Waals surface area contributed by atoms with E-state index in [0.29, 0.717) is 5.92 Å². The van der Waals surface area contributed by atoms with E-state index >= 15 is 0 Å². The van der Waals surface area contributed by atoms with Gasteiger partial charge in [0.1, 0.15) is 0 Å². The highest BCUT2D eigenvalue weighted by molar-refractivity contribution is 5.97. The minimum Gasteiger partial charge on any atom is -0.397 e. The summed E-state index contributed by atoms with van der Waals surface area (Å²) in [5.41, 5.74) is 20.6. The van der Waals surface area contributed by atoms with E-state index in [1.807, 2.05) is 0 Å². The first-order chi connectivity index (χ1) is 16.0. The molecule has 1 spiro atoms. The quantitative estimate of drug-likeness (QED) is 0.293. The van der Waals surface area contributed by atoms with Crippen LogP contribution in [0.25, 0.3) is 11.1 Å². The number of para-hydroxylation sites is 1.